The van der Waals surface area contributed by atoms with Gasteiger partial charge in [-0.25, -0.2) is 0 Å². The molecule has 0 rings (SSSR count). The third-order valence-corrected chi connectivity index (χ3v) is 87.1. The van der Waals surface area contributed by atoms with Crippen LogP contribution in [0.1, 0.15) is 172 Å². The molecule has 0 aromatic heterocycles. The Labute approximate surface area is 304 Å². The second-order valence-corrected chi connectivity index (χ2v) is 61.6. The molecule has 0 saturated heterocycles. The molecule has 0 radical (unpaired) electrons. The van der Waals surface area contributed by atoms with Crippen molar-refractivity contribution in [2.45, 2.75) is 207 Å². The zero-order valence-electron chi connectivity index (χ0n) is 32.4. The van der Waals surface area contributed by atoms with E-state index in [-0.39, 0.29) is 0 Å². The van der Waals surface area contributed by atoms with Gasteiger partial charge in [-0.05, 0) is 0 Å². The Morgan fingerprint density at radius 3 is 0.711 bits per heavy atom. The molecule has 5 nitrogen and oxygen atoms in total. The summed E-state index contributed by atoms with van der Waals surface area (Å²) in [6.07, 6.45) is 19.8. The summed E-state index contributed by atoms with van der Waals surface area (Å²) < 4.78 is 48.1. The van der Waals surface area contributed by atoms with Gasteiger partial charge in [0.2, 0.25) is 0 Å². The second kappa shape index (κ2) is 29.6. The molecule has 0 amide bonds. The van der Waals surface area contributed by atoms with Gasteiger partial charge in [-0.2, -0.15) is 0 Å². The first-order chi connectivity index (χ1) is 21.7. The summed E-state index contributed by atoms with van der Waals surface area (Å²) in [4.78, 5) is 0. The minimum absolute atomic E-state index is 0.689. The fraction of sp³-hybridized carbons (Fsp3) is 1.00. The summed E-state index contributed by atoms with van der Waals surface area (Å²) in [7, 11) is 0. The van der Waals surface area contributed by atoms with Crippen molar-refractivity contribution in [1.29, 1.82) is 0 Å². The molecule has 0 aliphatic rings. The summed E-state index contributed by atoms with van der Waals surface area (Å²) in [6, 6.07) is 0. The first-order valence-electron chi connectivity index (χ1n) is 20.1. The van der Waals surface area contributed by atoms with E-state index in [1.54, 1.807) is 0 Å². The zero-order chi connectivity index (χ0) is 33.9. The van der Waals surface area contributed by atoms with Crippen LogP contribution in [0.3, 0.4) is 0 Å². The van der Waals surface area contributed by atoms with Crippen LogP contribution in [0.15, 0.2) is 0 Å². The van der Waals surface area contributed by atoms with Crippen LogP contribution in [0, 0.1) is 0 Å². The molecular formula is C36H82O5Sn4. The van der Waals surface area contributed by atoms with Crippen LogP contribution < -0.4 is 0 Å². The average Bonchev–Trinajstić information content (AvgIpc) is 3.04. The van der Waals surface area contributed by atoms with Gasteiger partial charge in [0.1, 0.15) is 0 Å². The molecule has 0 heterocycles. The van der Waals surface area contributed by atoms with Gasteiger partial charge in [0, 0.05) is 0 Å². The topological polar surface area (TPSA) is 46.2 Å². The maximum absolute atomic E-state index is 8.01. The van der Waals surface area contributed by atoms with E-state index in [9.17, 15) is 0 Å². The predicted molar refractivity (Wildman–Crippen MR) is 207 cm³/mol. The molecule has 2 atom stereocenters. The van der Waals surface area contributed by atoms with E-state index in [2.05, 4.69) is 69.2 Å². The van der Waals surface area contributed by atoms with E-state index in [1.807, 2.05) is 0 Å². The van der Waals surface area contributed by atoms with Gasteiger partial charge in [-0.1, -0.05) is 0 Å². The van der Waals surface area contributed by atoms with Crippen LogP contribution in [0.25, 0.3) is 0 Å². The summed E-state index contributed by atoms with van der Waals surface area (Å²) in [5.74, 6) is 0. The van der Waals surface area contributed by atoms with Crippen LogP contribution in [0.4, 0.5) is 0 Å². The van der Waals surface area contributed by atoms with Crippen molar-refractivity contribution in [3.8, 4) is 0 Å². The van der Waals surface area contributed by atoms with E-state index in [1.165, 1.54) is 104 Å². The predicted octanol–water partition coefficient (Wildman–Crippen LogP) is 13.3. The standard InChI is InChI=1S/8C4H9.2C2H5O.3O.4Sn/c8*1-3-4-2;2*1-2-3;;;;;;;/h8*1,3-4H2,2H3;2*2H2,1H3;;;;;;;/q;;;;;;;;2*-1;;;;;;2*+1. The Morgan fingerprint density at radius 1 is 0.289 bits per heavy atom. The normalized spacial score (nSPS) is 15.3. The number of rotatable bonds is 34. The molecule has 0 fully saturated rings. The Bertz CT molecular complexity index is 576. The van der Waals surface area contributed by atoms with E-state index in [0.29, 0.717) is 13.2 Å². The Morgan fingerprint density at radius 2 is 0.511 bits per heavy atom. The molecule has 0 N–H and O–H groups in total. The third-order valence-electron chi connectivity index (χ3n) is 9.37. The van der Waals surface area contributed by atoms with E-state index < -0.39 is 76.8 Å². The molecule has 0 bridgehead atoms. The second-order valence-electron chi connectivity index (χ2n) is 13.7. The van der Waals surface area contributed by atoms with Crippen LogP contribution in [0.2, 0.25) is 35.5 Å². The molecule has 9 heteroatoms. The van der Waals surface area contributed by atoms with Crippen molar-refractivity contribution < 1.29 is 10.4 Å². The van der Waals surface area contributed by atoms with E-state index in [4.69, 9.17) is 10.4 Å². The fourth-order valence-electron chi connectivity index (χ4n) is 6.68. The van der Waals surface area contributed by atoms with Crippen molar-refractivity contribution in [1.82, 2.24) is 0 Å². The fourth-order valence-corrected chi connectivity index (χ4v) is 116. The maximum atomic E-state index is 8.01. The first kappa shape index (κ1) is 48.0. The third kappa shape index (κ3) is 20.0. The molecule has 272 valence electrons. The van der Waals surface area contributed by atoms with E-state index in [0.717, 1.165) is 34.6 Å². The molecular weight excluding hydrogens is 987 g/mol. The Kier molecular flexibility index (Phi) is 31.5. The van der Waals surface area contributed by atoms with Crippen molar-refractivity contribution in [2.24, 2.45) is 0 Å². The quantitative estimate of drug-likeness (QED) is 0.0601. The van der Waals surface area contributed by atoms with Crippen LogP contribution in [0.5, 0.6) is 0 Å². The van der Waals surface area contributed by atoms with Crippen molar-refractivity contribution in [3.05, 3.63) is 0 Å². The molecule has 45 heavy (non-hydrogen) atoms. The molecule has 0 aliphatic carbocycles. The van der Waals surface area contributed by atoms with Crippen molar-refractivity contribution >= 4 is 76.8 Å². The molecule has 0 aromatic rings. The molecule has 2 unspecified atom stereocenters. The molecule has 0 aromatic carbocycles. The van der Waals surface area contributed by atoms with Crippen LogP contribution in [-0.4, -0.2) is 90.0 Å². The number of hydrogen-bond donors (Lipinski definition) is 0. The number of hydrogen-bond acceptors (Lipinski definition) is 5. The van der Waals surface area contributed by atoms with Gasteiger partial charge < -0.3 is 0 Å². The monoisotopic (exact) mass is 1070 g/mol. The number of unbranched alkanes of at least 4 members (excludes halogenated alkanes) is 8. The first-order valence-corrected chi connectivity index (χ1v) is 45.6. The van der Waals surface area contributed by atoms with Gasteiger partial charge in [0.05, 0.1) is 0 Å². The van der Waals surface area contributed by atoms with Crippen molar-refractivity contribution in [2.75, 3.05) is 13.2 Å². The Balaban J connectivity index is 7.29. The average molecular weight is 1070 g/mol. The van der Waals surface area contributed by atoms with E-state index >= 15 is 0 Å². The van der Waals surface area contributed by atoms with Gasteiger partial charge in [0.15, 0.2) is 0 Å². The van der Waals surface area contributed by atoms with Gasteiger partial charge in [-0.3, -0.25) is 0 Å². The zero-order valence-corrected chi connectivity index (χ0v) is 43.8. The van der Waals surface area contributed by atoms with Crippen LogP contribution >= 0.6 is 0 Å². The van der Waals surface area contributed by atoms with Gasteiger partial charge in [-0.15, -0.1) is 0 Å². The van der Waals surface area contributed by atoms with Crippen LogP contribution in [-0.2, 0) is 10.4 Å². The minimum atomic E-state index is -4.09. The molecule has 0 aliphatic heterocycles. The summed E-state index contributed by atoms with van der Waals surface area (Å²) in [5.41, 5.74) is 0. The van der Waals surface area contributed by atoms with Gasteiger partial charge >= 0.3 is 308 Å². The Hall–Kier alpha value is 2.99. The van der Waals surface area contributed by atoms with Gasteiger partial charge in [0.25, 0.3) is 0 Å². The SMILES string of the molecule is CCC[CH2][Sn]([CH2]CCC)([CH2]CCC)[O][Sn]([CH2]CCC)([O]CC)[O][Sn]([CH2]CCC)([O]CC)[O][Sn]([CH2]CCC)([CH2]CCC)[CH2]CCC. The summed E-state index contributed by atoms with van der Waals surface area (Å²) in [5, 5.41) is 0. The summed E-state index contributed by atoms with van der Waals surface area (Å²) >= 11 is -14.3. The van der Waals surface area contributed by atoms with Crippen molar-refractivity contribution in [3.63, 3.8) is 0 Å². The summed E-state index contributed by atoms with van der Waals surface area (Å²) in [6.45, 7) is 24.5. The molecule has 0 saturated carbocycles. The molecule has 0 spiro atoms.